The average molecular weight is 163 g/mol. The molecule has 1 aliphatic rings. The summed E-state index contributed by atoms with van der Waals surface area (Å²) in [4.78, 5) is 0. The van der Waals surface area contributed by atoms with E-state index in [9.17, 15) is 8.78 Å². The molecular weight excluding hydrogens is 148 g/mol. The molecule has 1 aliphatic carbocycles. The van der Waals surface area contributed by atoms with Crippen LogP contribution in [-0.4, -0.2) is 12.0 Å². The number of rotatable bonds is 0. The lowest BCUT2D eigenvalue weighted by atomic mass is 9.72. The van der Waals surface area contributed by atoms with Crippen molar-refractivity contribution in [1.82, 2.24) is 0 Å². The van der Waals surface area contributed by atoms with E-state index in [1.807, 2.05) is 13.8 Å². The summed E-state index contributed by atoms with van der Waals surface area (Å²) in [7, 11) is 0. The molecule has 0 radical (unpaired) electrons. The molecule has 3 heteroatoms. The van der Waals surface area contributed by atoms with E-state index in [2.05, 4.69) is 0 Å². The second-order valence-corrected chi connectivity index (χ2v) is 4.16. The van der Waals surface area contributed by atoms with E-state index in [-0.39, 0.29) is 24.3 Å². The highest BCUT2D eigenvalue weighted by atomic mass is 19.3. The molecule has 2 N–H and O–H groups in total. The fraction of sp³-hybridized carbons (Fsp3) is 1.00. The number of alkyl halides is 2. The van der Waals surface area contributed by atoms with Crippen molar-refractivity contribution in [2.45, 2.75) is 45.1 Å². The lowest BCUT2D eigenvalue weighted by Crippen LogP contribution is -2.46. The Morgan fingerprint density at radius 2 is 1.82 bits per heavy atom. The van der Waals surface area contributed by atoms with Crippen LogP contribution in [0.5, 0.6) is 0 Å². The Labute approximate surface area is 66.0 Å². The van der Waals surface area contributed by atoms with Crippen LogP contribution in [0.25, 0.3) is 0 Å². The SMILES string of the molecule is CC1(C)CCC(F)(F)CC1N. The van der Waals surface area contributed by atoms with Crippen molar-refractivity contribution in [2.75, 3.05) is 0 Å². The first-order chi connectivity index (χ1) is 4.83. The summed E-state index contributed by atoms with van der Waals surface area (Å²) >= 11 is 0. The van der Waals surface area contributed by atoms with Gasteiger partial charge in [0.2, 0.25) is 5.92 Å². The first-order valence-electron chi connectivity index (χ1n) is 3.97. The van der Waals surface area contributed by atoms with Crippen LogP contribution >= 0.6 is 0 Å². The van der Waals surface area contributed by atoms with Crippen molar-refractivity contribution in [1.29, 1.82) is 0 Å². The van der Waals surface area contributed by atoms with Crippen LogP contribution in [0.3, 0.4) is 0 Å². The predicted molar refractivity (Wildman–Crippen MR) is 40.6 cm³/mol. The van der Waals surface area contributed by atoms with Crippen molar-refractivity contribution in [3.8, 4) is 0 Å². The van der Waals surface area contributed by atoms with Crippen LogP contribution in [0.15, 0.2) is 0 Å². The van der Waals surface area contributed by atoms with E-state index in [1.165, 1.54) is 0 Å². The molecule has 11 heavy (non-hydrogen) atoms. The fourth-order valence-corrected chi connectivity index (χ4v) is 1.39. The van der Waals surface area contributed by atoms with Crippen molar-refractivity contribution in [2.24, 2.45) is 11.1 Å². The second kappa shape index (κ2) is 2.41. The van der Waals surface area contributed by atoms with Gasteiger partial charge in [-0.1, -0.05) is 13.8 Å². The zero-order chi connectivity index (χ0) is 8.70. The molecule has 0 aromatic carbocycles. The molecule has 1 saturated carbocycles. The zero-order valence-corrected chi connectivity index (χ0v) is 7.03. The summed E-state index contributed by atoms with van der Waals surface area (Å²) in [6.07, 6.45) is 0.370. The quantitative estimate of drug-likeness (QED) is 0.581. The van der Waals surface area contributed by atoms with Gasteiger partial charge in [0, 0.05) is 18.9 Å². The minimum atomic E-state index is -2.52. The Balaban J connectivity index is 2.63. The van der Waals surface area contributed by atoms with Crippen LogP contribution in [0, 0.1) is 5.41 Å². The fourth-order valence-electron chi connectivity index (χ4n) is 1.39. The van der Waals surface area contributed by atoms with Gasteiger partial charge in [0.05, 0.1) is 0 Å². The van der Waals surface area contributed by atoms with E-state index < -0.39 is 5.92 Å². The van der Waals surface area contributed by atoms with Crippen molar-refractivity contribution in [3.63, 3.8) is 0 Å². The molecule has 0 bridgehead atoms. The van der Waals surface area contributed by atoms with Crippen molar-refractivity contribution in [3.05, 3.63) is 0 Å². The third-order valence-electron chi connectivity index (χ3n) is 2.66. The molecule has 66 valence electrons. The molecule has 0 aromatic heterocycles. The van der Waals surface area contributed by atoms with Crippen molar-refractivity contribution >= 4 is 0 Å². The van der Waals surface area contributed by atoms with Crippen molar-refractivity contribution < 1.29 is 8.78 Å². The summed E-state index contributed by atoms with van der Waals surface area (Å²) in [5, 5.41) is 0. The third kappa shape index (κ3) is 1.89. The standard InChI is InChI=1S/C8H15F2N/c1-7(2)3-4-8(9,10)5-6(7)11/h6H,3-5,11H2,1-2H3. The van der Waals surface area contributed by atoms with Crippen LogP contribution in [-0.2, 0) is 0 Å². The molecule has 1 atom stereocenters. The van der Waals surface area contributed by atoms with Crippen LogP contribution in [0.4, 0.5) is 8.78 Å². The predicted octanol–water partition coefficient (Wildman–Crippen LogP) is 2.16. The van der Waals surface area contributed by atoms with E-state index in [0.29, 0.717) is 6.42 Å². The lowest BCUT2D eigenvalue weighted by Gasteiger charge is -2.39. The van der Waals surface area contributed by atoms with Gasteiger partial charge in [0.1, 0.15) is 0 Å². The maximum absolute atomic E-state index is 12.7. The van der Waals surface area contributed by atoms with E-state index in [0.717, 1.165) is 0 Å². The number of halogens is 2. The van der Waals surface area contributed by atoms with Crippen LogP contribution in [0.1, 0.15) is 33.1 Å². The molecule has 0 amide bonds. The van der Waals surface area contributed by atoms with Gasteiger partial charge >= 0.3 is 0 Å². The first kappa shape index (κ1) is 8.91. The Morgan fingerprint density at radius 1 is 1.27 bits per heavy atom. The third-order valence-corrected chi connectivity index (χ3v) is 2.66. The van der Waals surface area contributed by atoms with Gasteiger partial charge in [0.15, 0.2) is 0 Å². The minimum absolute atomic E-state index is 0.00625. The molecule has 0 aromatic rings. The maximum Gasteiger partial charge on any atom is 0.249 e. The zero-order valence-electron chi connectivity index (χ0n) is 7.03. The monoisotopic (exact) mass is 163 g/mol. The van der Waals surface area contributed by atoms with Gasteiger partial charge in [-0.05, 0) is 11.8 Å². The number of hydrogen-bond donors (Lipinski definition) is 1. The number of nitrogens with two attached hydrogens (primary N) is 1. The van der Waals surface area contributed by atoms with E-state index in [4.69, 9.17) is 5.73 Å². The smallest absolute Gasteiger partial charge is 0.249 e. The molecule has 0 aliphatic heterocycles. The molecule has 0 spiro atoms. The maximum atomic E-state index is 12.7. The minimum Gasteiger partial charge on any atom is -0.327 e. The first-order valence-corrected chi connectivity index (χ1v) is 3.97. The van der Waals surface area contributed by atoms with Gasteiger partial charge in [-0.2, -0.15) is 0 Å². The summed E-state index contributed by atoms with van der Waals surface area (Å²) in [6.45, 7) is 3.90. The molecule has 1 rings (SSSR count). The molecule has 1 fully saturated rings. The van der Waals surface area contributed by atoms with Gasteiger partial charge in [-0.3, -0.25) is 0 Å². The average Bonchev–Trinajstić information content (AvgIpc) is 1.81. The highest BCUT2D eigenvalue weighted by molar-refractivity contribution is 4.92. The number of hydrogen-bond acceptors (Lipinski definition) is 1. The summed E-state index contributed by atoms with van der Waals surface area (Å²) in [5.41, 5.74) is 5.50. The van der Waals surface area contributed by atoms with Gasteiger partial charge in [-0.15, -0.1) is 0 Å². The molecule has 0 saturated heterocycles. The largest absolute Gasteiger partial charge is 0.327 e. The van der Waals surface area contributed by atoms with E-state index in [1.54, 1.807) is 0 Å². The summed E-state index contributed by atoms with van der Waals surface area (Å²) in [6, 6.07) is -0.355. The molecule has 1 unspecified atom stereocenters. The van der Waals surface area contributed by atoms with Gasteiger partial charge in [0.25, 0.3) is 0 Å². The topological polar surface area (TPSA) is 26.0 Å². The van der Waals surface area contributed by atoms with Crippen LogP contribution in [0.2, 0.25) is 0 Å². The summed E-state index contributed by atoms with van der Waals surface area (Å²) in [5.74, 6) is -2.52. The van der Waals surface area contributed by atoms with E-state index >= 15 is 0 Å². The Morgan fingerprint density at radius 3 is 2.18 bits per heavy atom. The Hall–Kier alpha value is -0.180. The molecular formula is C8H15F2N. The highest BCUT2D eigenvalue weighted by Crippen LogP contribution is 2.41. The second-order valence-electron chi connectivity index (χ2n) is 4.16. The lowest BCUT2D eigenvalue weighted by molar-refractivity contribution is -0.0691. The van der Waals surface area contributed by atoms with Crippen LogP contribution < -0.4 is 5.73 Å². The molecule has 1 nitrogen and oxygen atoms in total. The summed E-state index contributed by atoms with van der Waals surface area (Å²) < 4.78 is 25.4. The highest BCUT2D eigenvalue weighted by Gasteiger charge is 2.43. The van der Waals surface area contributed by atoms with Gasteiger partial charge in [-0.25, -0.2) is 8.78 Å². The Bertz CT molecular complexity index is 154. The normalized spacial score (nSPS) is 35.2. The Kier molecular flexibility index (Phi) is 1.95. The molecule has 0 heterocycles. The van der Waals surface area contributed by atoms with Gasteiger partial charge < -0.3 is 5.73 Å².